The first-order chi connectivity index (χ1) is 14.4. The Hall–Kier alpha value is -2.82. The van der Waals surface area contributed by atoms with Crippen molar-refractivity contribution in [3.63, 3.8) is 0 Å². The number of benzene rings is 2. The Labute approximate surface area is 177 Å². The molecule has 1 saturated carbocycles. The van der Waals surface area contributed by atoms with Gasteiger partial charge < -0.3 is 14.1 Å². The minimum absolute atomic E-state index is 0.00844. The molecule has 5 nitrogen and oxygen atoms in total. The van der Waals surface area contributed by atoms with Crippen LogP contribution in [0.5, 0.6) is 0 Å². The van der Waals surface area contributed by atoms with Gasteiger partial charge in [-0.1, -0.05) is 25.1 Å². The van der Waals surface area contributed by atoms with E-state index < -0.39 is 5.97 Å². The number of fused-ring (bicyclic) bond motifs is 3. The lowest BCUT2D eigenvalue weighted by Crippen LogP contribution is -2.43. The Morgan fingerprint density at radius 1 is 1.03 bits per heavy atom. The van der Waals surface area contributed by atoms with Crippen LogP contribution in [0.4, 0.5) is 5.69 Å². The molecule has 1 fully saturated rings. The van der Waals surface area contributed by atoms with Crippen LogP contribution in [0.2, 0.25) is 0 Å². The smallest absolute Gasteiger partial charge is 0.340 e. The van der Waals surface area contributed by atoms with Crippen molar-refractivity contribution < 1.29 is 18.7 Å². The highest BCUT2D eigenvalue weighted by molar-refractivity contribution is 6.12. The molecule has 0 radical (unpaired) electrons. The number of furan rings is 1. The molecule has 158 valence electrons. The summed E-state index contributed by atoms with van der Waals surface area (Å²) in [6, 6.07) is 11.3. The summed E-state index contributed by atoms with van der Waals surface area (Å²) in [5.74, 6) is 0.281. The van der Waals surface area contributed by atoms with Gasteiger partial charge in [-0.25, -0.2) is 4.79 Å². The maximum atomic E-state index is 13.6. The summed E-state index contributed by atoms with van der Waals surface area (Å²) in [5, 5.41) is 1.86. The Morgan fingerprint density at radius 2 is 1.73 bits per heavy atom. The Balaban J connectivity index is 1.87. The van der Waals surface area contributed by atoms with Crippen LogP contribution in [0.15, 0.2) is 40.8 Å². The minimum Gasteiger partial charge on any atom is -0.465 e. The molecule has 0 N–H and O–H groups in total. The van der Waals surface area contributed by atoms with Gasteiger partial charge in [0.2, 0.25) is 5.91 Å². The zero-order valence-corrected chi connectivity index (χ0v) is 18.1. The third-order valence-electron chi connectivity index (χ3n) is 6.28. The molecule has 1 aliphatic carbocycles. The van der Waals surface area contributed by atoms with E-state index in [4.69, 9.17) is 9.15 Å². The van der Waals surface area contributed by atoms with Gasteiger partial charge in [-0.15, -0.1) is 0 Å². The molecule has 30 heavy (non-hydrogen) atoms. The van der Waals surface area contributed by atoms with Crippen molar-refractivity contribution in [1.82, 2.24) is 0 Å². The molecule has 0 bridgehead atoms. The topological polar surface area (TPSA) is 59.8 Å². The van der Waals surface area contributed by atoms with Crippen LogP contribution >= 0.6 is 0 Å². The number of anilines is 1. The Kier molecular flexibility index (Phi) is 5.54. The number of methoxy groups -OCH3 is 1. The molecular weight excluding hydrogens is 378 g/mol. The number of para-hydroxylation sites is 1. The number of carbonyl (C=O) groups is 2. The highest BCUT2D eigenvalue weighted by atomic mass is 16.5. The molecule has 0 spiro atoms. The molecule has 5 heteroatoms. The highest BCUT2D eigenvalue weighted by Crippen LogP contribution is 2.37. The van der Waals surface area contributed by atoms with Crippen molar-refractivity contribution in [3.05, 3.63) is 42.0 Å². The Morgan fingerprint density at radius 3 is 2.40 bits per heavy atom. The standard InChI is InChI=1S/C25H29NO4/c1-15(2)26(24(27)17-11-9-16(3)10-12-17)21-13-19-18-7-5-6-8-22(18)30-23(19)14-20(21)25(28)29-4/h5-8,13-17H,9-12H2,1-4H3. The van der Waals surface area contributed by atoms with Crippen molar-refractivity contribution in [3.8, 4) is 0 Å². The summed E-state index contributed by atoms with van der Waals surface area (Å²) >= 11 is 0. The predicted molar refractivity (Wildman–Crippen MR) is 119 cm³/mol. The zero-order valence-electron chi connectivity index (χ0n) is 18.1. The number of hydrogen-bond acceptors (Lipinski definition) is 4. The summed E-state index contributed by atoms with van der Waals surface area (Å²) in [6.07, 6.45) is 3.93. The molecule has 1 aromatic heterocycles. The van der Waals surface area contributed by atoms with Gasteiger partial charge in [0.15, 0.2) is 0 Å². The number of carbonyl (C=O) groups excluding carboxylic acids is 2. The van der Waals surface area contributed by atoms with Crippen molar-refractivity contribution in [2.24, 2.45) is 11.8 Å². The third-order valence-corrected chi connectivity index (χ3v) is 6.28. The van der Waals surface area contributed by atoms with Gasteiger partial charge >= 0.3 is 5.97 Å². The number of hydrogen-bond donors (Lipinski definition) is 0. The zero-order chi connectivity index (χ0) is 21.4. The van der Waals surface area contributed by atoms with Crippen molar-refractivity contribution in [2.45, 2.75) is 52.5 Å². The van der Waals surface area contributed by atoms with Crippen LogP contribution in [0, 0.1) is 11.8 Å². The van der Waals surface area contributed by atoms with Crippen LogP contribution in [0.25, 0.3) is 21.9 Å². The van der Waals surface area contributed by atoms with Gasteiger partial charge in [0, 0.05) is 22.7 Å². The average Bonchev–Trinajstić information content (AvgIpc) is 3.10. The lowest BCUT2D eigenvalue weighted by Gasteiger charge is -2.34. The minimum atomic E-state index is -0.469. The van der Waals surface area contributed by atoms with Crippen LogP contribution in [0.1, 0.15) is 56.8 Å². The second-order valence-corrected chi connectivity index (χ2v) is 8.71. The maximum Gasteiger partial charge on any atom is 0.340 e. The van der Waals surface area contributed by atoms with Gasteiger partial charge in [-0.05, 0) is 63.6 Å². The van der Waals surface area contributed by atoms with E-state index in [-0.39, 0.29) is 17.9 Å². The number of ether oxygens (including phenoxy) is 1. The third kappa shape index (κ3) is 3.57. The molecule has 3 aromatic rings. The predicted octanol–water partition coefficient (Wildman–Crippen LogP) is 5.94. The molecule has 0 atom stereocenters. The molecular formula is C25H29NO4. The van der Waals surface area contributed by atoms with E-state index in [9.17, 15) is 9.59 Å². The number of rotatable bonds is 4. The van der Waals surface area contributed by atoms with E-state index in [1.165, 1.54) is 7.11 Å². The quantitative estimate of drug-likeness (QED) is 0.502. The van der Waals surface area contributed by atoms with E-state index in [2.05, 4.69) is 6.92 Å². The van der Waals surface area contributed by atoms with Gasteiger partial charge in [-0.2, -0.15) is 0 Å². The molecule has 0 saturated heterocycles. The van der Waals surface area contributed by atoms with Crippen molar-refractivity contribution in [1.29, 1.82) is 0 Å². The molecule has 0 aliphatic heterocycles. The lowest BCUT2D eigenvalue weighted by atomic mass is 9.82. The molecule has 1 amide bonds. The largest absolute Gasteiger partial charge is 0.465 e. The fraction of sp³-hybridized carbons (Fsp3) is 0.440. The molecule has 1 aliphatic rings. The van der Waals surface area contributed by atoms with E-state index in [1.807, 2.05) is 44.2 Å². The van der Waals surface area contributed by atoms with E-state index in [1.54, 1.807) is 11.0 Å². The SMILES string of the molecule is COC(=O)c1cc2oc3ccccc3c2cc1N(C(=O)C1CCC(C)CC1)C(C)C. The summed E-state index contributed by atoms with van der Waals surface area (Å²) in [5.41, 5.74) is 2.32. The fourth-order valence-electron chi connectivity index (χ4n) is 4.59. The first kappa shape index (κ1) is 20.5. The first-order valence-electron chi connectivity index (χ1n) is 10.8. The summed E-state index contributed by atoms with van der Waals surface area (Å²) in [4.78, 5) is 28.0. The summed E-state index contributed by atoms with van der Waals surface area (Å²) in [7, 11) is 1.36. The highest BCUT2D eigenvalue weighted by Gasteiger charge is 2.33. The normalized spacial score (nSPS) is 19.4. The van der Waals surface area contributed by atoms with Crippen molar-refractivity contribution in [2.75, 3.05) is 12.0 Å². The second kappa shape index (κ2) is 8.13. The molecule has 4 rings (SSSR count). The number of esters is 1. The maximum absolute atomic E-state index is 13.6. The van der Waals surface area contributed by atoms with Gasteiger partial charge in [0.25, 0.3) is 0 Å². The Bertz CT molecular complexity index is 1090. The molecule has 0 unspecified atom stereocenters. The van der Waals surface area contributed by atoms with Crippen molar-refractivity contribution >= 4 is 39.5 Å². The first-order valence-corrected chi connectivity index (χ1v) is 10.8. The lowest BCUT2D eigenvalue weighted by molar-refractivity contribution is -0.123. The van der Waals surface area contributed by atoms with Crippen LogP contribution < -0.4 is 4.90 Å². The van der Waals surface area contributed by atoms with Crippen LogP contribution in [-0.2, 0) is 9.53 Å². The van der Waals surface area contributed by atoms with Gasteiger partial charge in [0.05, 0.1) is 18.4 Å². The monoisotopic (exact) mass is 407 g/mol. The van der Waals surface area contributed by atoms with E-state index in [0.717, 1.165) is 42.0 Å². The second-order valence-electron chi connectivity index (χ2n) is 8.71. The average molecular weight is 408 g/mol. The van der Waals surface area contributed by atoms with Crippen LogP contribution in [0.3, 0.4) is 0 Å². The summed E-state index contributed by atoms with van der Waals surface area (Å²) in [6.45, 7) is 6.22. The molecule has 2 aromatic carbocycles. The van der Waals surface area contributed by atoms with Gasteiger partial charge in [0.1, 0.15) is 11.2 Å². The number of amides is 1. The van der Waals surface area contributed by atoms with Gasteiger partial charge in [-0.3, -0.25) is 4.79 Å². The summed E-state index contributed by atoms with van der Waals surface area (Å²) < 4.78 is 11.0. The van der Waals surface area contributed by atoms with E-state index in [0.29, 0.717) is 22.8 Å². The molecule has 1 heterocycles. The van der Waals surface area contributed by atoms with E-state index >= 15 is 0 Å². The number of nitrogens with zero attached hydrogens (tertiary/aromatic N) is 1. The fourth-order valence-corrected chi connectivity index (χ4v) is 4.59. The van der Waals surface area contributed by atoms with Crippen LogP contribution in [-0.4, -0.2) is 25.0 Å².